The van der Waals surface area contributed by atoms with E-state index in [0.717, 1.165) is 37.7 Å². The van der Waals surface area contributed by atoms with Gasteiger partial charge in [0.2, 0.25) is 10.0 Å². The Hall–Kier alpha value is -1.54. The number of sulfonamides is 1. The van der Waals surface area contributed by atoms with Crippen molar-refractivity contribution in [2.24, 2.45) is 10.7 Å². The number of aliphatic imine (C=N–C) groups is 1. The van der Waals surface area contributed by atoms with Gasteiger partial charge in [-0.2, -0.15) is 11.8 Å². The van der Waals surface area contributed by atoms with Gasteiger partial charge in [0, 0.05) is 11.5 Å². The zero-order valence-electron chi connectivity index (χ0n) is 18.6. The summed E-state index contributed by atoms with van der Waals surface area (Å²) in [5.74, 6) is 0.692. The third-order valence-corrected chi connectivity index (χ3v) is 5.42. The number of carbonyl (C=O) groups excluding carboxylic acids is 1. The Labute approximate surface area is 181 Å². The number of nitrogens with zero attached hydrogens (tertiary/aromatic N) is 1. The first-order chi connectivity index (χ1) is 13.4. The van der Waals surface area contributed by atoms with Crippen molar-refractivity contribution in [3.05, 3.63) is 34.9 Å². The van der Waals surface area contributed by atoms with Gasteiger partial charge in [-0.1, -0.05) is 34.9 Å². The van der Waals surface area contributed by atoms with E-state index in [-0.39, 0.29) is 5.84 Å². The van der Waals surface area contributed by atoms with Gasteiger partial charge in [0.1, 0.15) is 6.04 Å². The Kier molecular flexibility index (Phi) is 13.7. The summed E-state index contributed by atoms with van der Waals surface area (Å²) in [6, 6.07) is -0.820. The molecule has 0 fully saturated rings. The van der Waals surface area contributed by atoms with Gasteiger partial charge in [-0.15, -0.1) is 0 Å². The van der Waals surface area contributed by atoms with Crippen LogP contribution in [0.15, 0.2) is 39.9 Å². The fourth-order valence-electron chi connectivity index (χ4n) is 2.39. The van der Waals surface area contributed by atoms with Crippen molar-refractivity contribution in [2.75, 3.05) is 17.8 Å². The molecule has 0 heterocycles. The normalized spacial score (nSPS) is 14.5. The molecule has 0 saturated carbocycles. The second kappa shape index (κ2) is 14.4. The molecule has 1 atom stereocenters. The van der Waals surface area contributed by atoms with Crippen LogP contribution in [0, 0.1) is 0 Å². The van der Waals surface area contributed by atoms with E-state index in [4.69, 9.17) is 5.73 Å². The van der Waals surface area contributed by atoms with E-state index in [1.54, 1.807) is 6.92 Å². The molecule has 0 aromatic carbocycles. The zero-order chi connectivity index (χ0) is 22.4. The predicted octanol–water partition coefficient (Wildman–Crippen LogP) is 3.96. The van der Waals surface area contributed by atoms with E-state index in [0.29, 0.717) is 5.75 Å². The summed E-state index contributed by atoms with van der Waals surface area (Å²) in [6.45, 7) is 10.1. The van der Waals surface area contributed by atoms with Crippen molar-refractivity contribution in [3.63, 3.8) is 0 Å². The molecular formula is C21H37N3O3S2. The van der Waals surface area contributed by atoms with Gasteiger partial charge >= 0.3 is 0 Å². The molecule has 8 heteroatoms. The van der Waals surface area contributed by atoms with Crippen molar-refractivity contribution in [1.82, 2.24) is 4.72 Å². The Morgan fingerprint density at radius 1 is 1.03 bits per heavy atom. The standard InChI is InChI=1S/C21H37N3O3S2/c1-16(2)9-7-10-17(3)11-8-12-18(4)13-14-28-15-20(23-19(5)22)21(25)24-29(6,26)27/h9,11,13,20H,7-8,10,12,14-15H2,1-6H3,(H2,22,23)(H,24,25). The molecule has 166 valence electrons. The number of nitrogens with one attached hydrogen (secondary N) is 1. The van der Waals surface area contributed by atoms with Crippen LogP contribution in [0.3, 0.4) is 0 Å². The molecule has 6 nitrogen and oxygen atoms in total. The number of amides is 1. The number of amidine groups is 1. The van der Waals surface area contributed by atoms with Crippen molar-refractivity contribution >= 4 is 33.5 Å². The van der Waals surface area contributed by atoms with Crippen LogP contribution < -0.4 is 10.5 Å². The topological polar surface area (TPSA) is 102 Å². The molecular weight excluding hydrogens is 406 g/mol. The maximum Gasteiger partial charge on any atom is 0.259 e. The van der Waals surface area contributed by atoms with E-state index in [2.05, 4.69) is 50.9 Å². The molecule has 3 N–H and O–H groups in total. The van der Waals surface area contributed by atoms with E-state index < -0.39 is 22.0 Å². The van der Waals surface area contributed by atoms with Crippen molar-refractivity contribution in [1.29, 1.82) is 0 Å². The highest BCUT2D eigenvalue weighted by Gasteiger charge is 2.20. The number of hydrogen-bond acceptors (Lipinski definition) is 5. The smallest absolute Gasteiger partial charge is 0.259 e. The lowest BCUT2D eigenvalue weighted by atomic mass is 10.1. The minimum atomic E-state index is -3.62. The molecule has 0 bridgehead atoms. The lowest BCUT2D eigenvalue weighted by molar-refractivity contribution is -0.120. The van der Waals surface area contributed by atoms with Gasteiger partial charge in [0.05, 0.1) is 12.1 Å². The average molecular weight is 444 g/mol. The molecule has 1 amide bonds. The highest BCUT2D eigenvalue weighted by atomic mass is 32.2. The number of nitrogens with two attached hydrogens (primary N) is 1. The van der Waals surface area contributed by atoms with Gasteiger partial charge in [0.15, 0.2) is 0 Å². The van der Waals surface area contributed by atoms with Gasteiger partial charge in [-0.05, 0) is 60.3 Å². The molecule has 0 aliphatic carbocycles. The Bertz CT molecular complexity index is 743. The second-order valence-corrected chi connectivity index (χ2v) is 10.3. The van der Waals surface area contributed by atoms with Crippen LogP contribution in [0.4, 0.5) is 0 Å². The highest BCUT2D eigenvalue weighted by molar-refractivity contribution is 7.99. The van der Waals surface area contributed by atoms with Crippen LogP contribution in [0.5, 0.6) is 0 Å². The van der Waals surface area contributed by atoms with Gasteiger partial charge in [0.25, 0.3) is 5.91 Å². The van der Waals surface area contributed by atoms with E-state index in [9.17, 15) is 13.2 Å². The summed E-state index contributed by atoms with van der Waals surface area (Å²) in [4.78, 5) is 16.1. The van der Waals surface area contributed by atoms with Gasteiger partial charge in [-0.25, -0.2) is 8.42 Å². The zero-order valence-corrected chi connectivity index (χ0v) is 20.3. The average Bonchev–Trinajstić information content (AvgIpc) is 2.55. The first-order valence-corrected chi connectivity index (χ1v) is 12.8. The molecule has 0 spiro atoms. The molecule has 0 aliphatic heterocycles. The lowest BCUT2D eigenvalue weighted by Crippen LogP contribution is -2.39. The molecule has 1 unspecified atom stereocenters. The third-order valence-electron chi connectivity index (χ3n) is 3.90. The Morgan fingerprint density at radius 2 is 1.59 bits per heavy atom. The number of rotatable bonds is 13. The quantitative estimate of drug-likeness (QED) is 0.194. The van der Waals surface area contributed by atoms with E-state index in [1.165, 1.54) is 28.5 Å². The van der Waals surface area contributed by atoms with Crippen LogP contribution >= 0.6 is 11.8 Å². The van der Waals surface area contributed by atoms with Gasteiger partial charge < -0.3 is 5.73 Å². The van der Waals surface area contributed by atoms with Crippen LogP contribution in [-0.4, -0.2) is 44.0 Å². The van der Waals surface area contributed by atoms with E-state index >= 15 is 0 Å². The minimum Gasteiger partial charge on any atom is -0.388 e. The molecule has 0 saturated heterocycles. The minimum absolute atomic E-state index is 0.248. The van der Waals surface area contributed by atoms with Crippen LogP contribution in [0.25, 0.3) is 0 Å². The van der Waals surface area contributed by atoms with E-state index in [1.807, 2.05) is 4.72 Å². The lowest BCUT2D eigenvalue weighted by Gasteiger charge is -2.12. The summed E-state index contributed by atoms with van der Waals surface area (Å²) in [5.41, 5.74) is 9.63. The molecule has 0 aromatic rings. The monoisotopic (exact) mass is 443 g/mol. The van der Waals surface area contributed by atoms with Crippen molar-refractivity contribution in [2.45, 2.75) is 66.3 Å². The van der Waals surface area contributed by atoms with Crippen molar-refractivity contribution < 1.29 is 13.2 Å². The summed E-state index contributed by atoms with van der Waals surface area (Å²) < 4.78 is 24.5. The SMILES string of the molecule is CC(C)=CCCC(C)=CCCC(C)=CCSCC(N=C(C)N)C(=O)NS(C)(=O)=O. The van der Waals surface area contributed by atoms with Crippen LogP contribution in [-0.2, 0) is 14.8 Å². The maximum absolute atomic E-state index is 12.0. The van der Waals surface area contributed by atoms with Crippen molar-refractivity contribution in [3.8, 4) is 0 Å². The second-order valence-electron chi connectivity index (χ2n) is 7.52. The fourth-order valence-corrected chi connectivity index (χ4v) is 3.88. The largest absolute Gasteiger partial charge is 0.388 e. The summed E-state index contributed by atoms with van der Waals surface area (Å²) in [7, 11) is -3.62. The fraction of sp³-hybridized carbons (Fsp3) is 0.619. The molecule has 0 aromatic heterocycles. The first kappa shape index (κ1) is 27.5. The first-order valence-electron chi connectivity index (χ1n) is 9.74. The highest BCUT2D eigenvalue weighted by Crippen LogP contribution is 2.13. The molecule has 29 heavy (non-hydrogen) atoms. The molecule has 0 aliphatic rings. The molecule has 0 radical (unpaired) electrons. The number of carbonyl (C=O) groups is 1. The third kappa shape index (κ3) is 17.1. The summed E-state index contributed by atoms with van der Waals surface area (Å²) in [5, 5.41) is 0. The van der Waals surface area contributed by atoms with Crippen LogP contribution in [0.2, 0.25) is 0 Å². The van der Waals surface area contributed by atoms with Crippen LogP contribution in [0.1, 0.15) is 60.3 Å². The maximum atomic E-state index is 12.0. The number of allylic oxidation sites excluding steroid dienone is 5. The molecule has 0 rings (SSSR count). The Balaban J connectivity index is 4.44. The number of thioether (sulfide) groups is 1. The summed E-state index contributed by atoms with van der Waals surface area (Å²) >= 11 is 1.52. The number of hydrogen-bond donors (Lipinski definition) is 2. The Morgan fingerprint density at radius 3 is 2.10 bits per heavy atom. The predicted molar refractivity (Wildman–Crippen MR) is 127 cm³/mol. The van der Waals surface area contributed by atoms with Gasteiger partial charge in [-0.3, -0.25) is 14.5 Å². The summed E-state index contributed by atoms with van der Waals surface area (Å²) in [6.07, 6.45) is 11.9.